The van der Waals surface area contributed by atoms with Crippen molar-refractivity contribution in [2.75, 3.05) is 20.2 Å². The molecule has 0 unspecified atom stereocenters. The van der Waals surface area contributed by atoms with Crippen LogP contribution in [0.1, 0.15) is 40.5 Å². The largest absolute Gasteiger partial charge is 0.490 e. The van der Waals surface area contributed by atoms with E-state index < -0.39 is 22.6 Å². The number of hydrogen-bond donors (Lipinski definition) is 0. The first-order valence-electron chi connectivity index (χ1n) is 9.72. The molecule has 0 aliphatic carbocycles. The molecule has 9 nitrogen and oxygen atoms in total. The first kappa shape index (κ1) is 21.5. The van der Waals surface area contributed by atoms with Gasteiger partial charge in [0.05, 0.1) is 17.6 Å². The molecule has 1 atom stereocenters. The second-order valence-corrected chi connectivity index (χ2v) is 7.44. The number of nitro groups is 1. The topological polar surface area (TPSA) is 103 Å². The highest BCUT2D eigenvalue weighted by Gasteiger charge is 2.33. The van der Waals surface area contributed by atoms with Gasteiger partial charge in [-0.1, -0.05) is 0 Å². The van der Waals surface area contributed by atoms with Crippen LogP contribution >= 0.6 is 0 Å². The highest BCUT2D eigenvalue weighted by molar-refractivity contribution is 5.95. The molecule has 0 radical (unpaired) electrons. The number of methoxy groups -OCH3 is 1. The number of halogens is 3. The van der Waals surface area contributed by atoms with Gasteiger partial charge in [0.2, 0.25) is 0 Å². The van der Waals surface area contributed by atoms with E-state index in [0.29, 0.717) is 25.2 Å². The third kappa shape index (κ3) is 3.95. The van der Waals surface area contributed by atoms with Crippen molar-refractivity contribution in [3.05, 3.63) is 63.6 Å². The molecule has 1 aliphatic heterocycles. The highest BCUT2D eigenvalue weighted by Crippen LogP contribution is 2.32. The number of ether oxygens (including phenoxy) is 1. The lowest BCUT2D eigenvalue weighted by Gasteiger charge is -2.32. The Morgan fingerprint density at radius 2 is 2.03 bits per heavy atom. The number of fused-ring (bicyclic) bond motifs is 1. The van der Waals surface area contributed by atoms with E-state index in [9.17, 15) is 28.1 Å². The molecular weight excluding hydrogens is 431 g/mol. The van der Waals surface area contributed by atoms with E-state index in [1.54, 1.807) is 0 Å². The molecule has 3 heterocycles. The van der Waals surface area contributed by atoms with Gasteiger partial charge in [-0.25, -0.2) is 0 Å². The van der Waals surface area contributed by atoms with Gasteiger partial charge in [-0.15, -0.1) is 10.2 Å². The number of pyridine rings is 1. The Morgan fingerprint density at radius 1 is 1.25 bits per heavy atom. The van der Waals surface area contributed by atoms with Crippen LogP contribution < -0.4 is 4.74 Å². The van der Waals surface area contributed by atoms with Crippen LogP contribution in [0.5, 0.6) is 5.75 Å². The summed E-state index contributed by atoms with van der Waals surface area (Å²) in [5.41, 5.74) is -0.735. The number of nitro benzene ring substituents is 1. The van der Waals surface area contributed by atoms with Gasteiger partial charge < -0.3 is 9.64 Å². The van der Waals surface area contributed by atoms with Crippen molar-refractivity contribution in [2.45, 2.75) is 24.9 Å². The normalized spacial score (nSPS) is 16.9. The van der Waals surface area contributed by atoms with E-state index in [4.69, 9.17) is 4.74 Å². The Labute approximate surface area is 179 Å². The molecule has 2 aromatic heterocycles. The molecule has 0 saturated carbocycles. The van der Waals surface area contributed by atoms with Crippen molar-refractivity contribution in [3.63, 3.8) is 0 Å². The minimum Gasteiger partial charge on any atom is -0.490 e. The number of alkyl halides is 3. The number of nitrogens with zero attached hydrogens (tertiary/aromatic N) is 5. The number of amides is 1. The summed E-state index contributed by atoms with van der Waals surface area (Å²) in [7, 11) is 1.30. The molecule has 1 aliphatic rings. The number of aromatic nitrogens is 3. The SMILES string of the molecule is COc1ccc(C(=O)N2CCC[C@H](c3nnc4ccc(C(F)(F)F)cn34)C2)cc1[N+](=O)[O-]. The summed E-state index contributed by atoms with van der Waals surface area (Å²) in [4.78, 5) is 25.2. The summed E-state index contributed by atoms with van der Waals surface area (Å²) >= 11 is 0. The average molecular weight is 449 g/mol. The molecule has 0 spiro atoms. The predicted molar refractivity (Wildman–Crippen MR) is 106 cm³/mol. The summed E-state index contributed by atoms with van der Waals surface area (Å²) in [6.07, 6.45) is -2.34. The molecule has 3 aromatic rings. The van der Waals surface area contributed by atoms with Crippen LogP contribution in [0.3, 0.4) is 0 Å². The molecule has 1 saturated heterocycles. The fourth-order valence-electron chi connectivity index (χ4n) is 3.88. The molecule has 1 aromatic carbocycles. The van der Waals surface area contributed by atoms with Crippen LogP contribution in [0.4, 0.5) is 18.9 Å². The third-order valence-electron chi connectivity index (χ3n) is 5.45. The Hall–Kier alpha value is -3.70. The van der Waals surface area contributed by atoms with Crippen molar-refractivity contribution in [1.82, 2.24) is 19.5 Å². The van der Waals surface area contributed by atoms with E-state index in [-0.39, 0.29) is 35.1 Å². The molecule has 1 fully saturated rings. The summed E-state index contributed by atoms with van der Waals surface area (Å²) in [5, 5.41) is 19.3. The minimum absolute atomic E-state index is 0.0402. The van der Waals surface area contributed by atoms with Crippen molar-refractivity contribution in [2.24, 2.45) is 0 Å². The smallest absolute Gasteiger partial charge is 0.417 e. The maximum Gasteiger partial charge on any atom is 0.417 e. The lowest BCUT2D eigenvalue weighted by molar-refractivity contribution is -0.385. The van der Waals surface area contributed by atoms with E-state index in [0.717, 1.165) is 18.3 Å². The number of hydrogen-bond acceptors (Lipinski definition) is 6. The summed E-state index contributed by atoms with van der Waals surface area (Å²) in [6.45, 7) is 0.620. The van der Waals surface area contributed by atoms with Crippen LogP contribution in [0.25, 0.3) is 5.65 Å². The summed E-state index contributed by atoms with van der Waals surface area (Å²) in [5.74, 6) is -0.368. The van der Waals surface area contributed by atoms with Crippen molar-refractivity contribution >= 4 is 17.2 Å². The third-order valence-corrected chi connectivity index (χ3v) is 5.45. The van der Waals surface area contributed by atoms with E-state index in [1.807, 2.05) is 0 Å². The quantitative estimate of drug-likeness (QED) is 0.445. The molecular formula is C20H18F3N5O4. The molecule has 0 N–H and O–H groups in total. The van der Waals surface area contributed by atoms with Crippen molar-refractivity contribution < 1.29 is 27.6 Å². The lowest BCUT2D eigenvalue weighted by atomic mass is 9.96. The zero-order chi connectivity index (χ0) is 23.0. The van der Waals surface area contributed by atoms with Gasteiger partial charge in [-0.3, -0.25) is 19.3 Å². The molecule has 12 heteroatoms. The van der Waals surface area contributed by atoms with Crippen molar-refractivity contribution in [1.29, 1.82) is 0 Å². The zero-order valence-corrected chi connectivity index (χ0v) is 16.9. The zero-order valence-electron chi connectivity index (χ0n) is 16.9. The summed E-state index contributed by atoms with van der Waals surface area (Å²) in [6, 6.07) is 6.16. The highest BCUT2D eigenvalue weighted by atomic mass is 19.4. The first-order valence-corrected chi connectivity index (χ1v) is 9.72. The molecule has 168 valence electrons. The van der Waals surface area contributed by atoms with Crippen LogP contribution in [0, 0.1) is 10.1 Å². The van der Waals surface area contributed by atoms with Crippen LogP contribution in [0.2, 0.25) is 0 Å². The molecule has 0 bridgehead atoms. The fraction of sp³-hybridized carbons (Fsp3) is 0.350. The average Bonchev–Trinajstić information content (AvgIpc) is 3.21. The fourth-order valence-corrected chi connectivity index (χ4v) is 3.88. The second kappa shape index (κ2) is 8.09. The van der Waals surface area contributed by atoms with Crippen molar-refractivity contribution in [3.8, 4) is 5.75 Å². The maximum atomic E-state index is 13.1. The van der Waals surface area contributed by atoms with E-state index in [1.165, 1.54) is 34.6 Å². The van der Waals surface area contributed by atoms with E-state index in [2.05, 4.69) is 10.2 Å². The maximum absolute atomic E-state index is 13.1. The number of benzene rings is 1. The van der Waals surface area contributed by atoms with Gasteiger partial charge in [-0.2, -0.15) is 13.2 Å². The van der Waals surface area contributed by atoms with Crippen LogP contribution in [0.15, 0.2) is 36.5 Å². The van der Waals surface area contributed by atoms with Gasteiger partial charge in [0.1, 0.15) is 5.82 Å². The molecule has 32 heavy (non-hydrogen) atoms. The van der Waals surface area contributed by atoms with Gasteiger partial charge in [0.25, 0.3) is 5.91 Å². The Morgan fingerprint density at radius 3 is 2.72 bits per heavy atom. The van der Waals surface area contributed by atoms with Gasteiger partial charge in [-0.05, 0) is 37.1 Å². The van der Waals surface area contributed by atoms with Crippen LogP contribution in [-0.2, 0) is 6.18 Å². The second-order valence-electron chi connectivity index (χ2n) is 7.44. The monoisotopic (exact) mass is 449 g/mol. The molecule has 4 rings (SSSR count). The number of rotatable bonds is 4. The van der Waals surface area contributed by atoms with Gasteiger partial charge >= 0.3 is 11.9 Å². The minimum atomic E-state index is -4.51. The Bertz CT molecular complexity index is 1190. The van der Waals surface area contributed by atoms with Gasteiger partial charge in [0, 0.05) is 36.8 Å². The first-order chi connectivity index (χ1) is 15.2. The Kier molecular flexibility index (Phi) is 5.45. The van der Waals surface area contributed by atoms with Gasteiger partial charge in [0.15, 0.2) is 11.4 Å². The number of likely N-dealkylation sites (tertiary alicyclic amines) is 1. The number of piperidine rings is 1. The predicted octanol–water partition coefficient (Wildman–Crippen LogP) is 3.68. The standard InChI is InChI=1S/C20H18F3N5O4/c1-32-16-6-4-12(9-15(16)28(30)31)19(29)26-8-2-3-13(10-26)18-25-24-17-7-5-14(11-27(17)18)20(21,22)23/h4-7,9,11,13H,2-3,8,10H2,1H3/t13-/m0/s1. The van der Waals surface area contributed by atoms with E-state index >= 15 is 0 Å². The van der Waals surface area contributed by atoms with Crippen LogP contribution in [-0.4, -0.2) is 50.5 Å². The Balaban J connectivity index is 1.61. The summed E-state index contributed by atoms with van der Waals surface area (Å²) < 4.78 is 45.7. The number of carbonyl (C=O) groups is 1. The lowest BCUT2D eigenvalue weighted by Crippen LogP contribution is -2.39. The number of carbonyl (C=O) groups excluding carboxylic acids is 1. The molecule has 1 amide bonds.